The molecule has 8 nitrogen and oxygen atoms in total. The number of benzene rings is 1. The fourth-order valence-corrected chi connectivity index (χ4v) is 2.03. The van der Waals surface area contributed by atoms with Crippen molar-refractivity contribution in [3.63, 3.8) is 0 Å². The number of rotatable bonds is 7. The Labute approximate surface area is 147 Å². The average Bonchev–Trinajstić information content (AvgIpc) is 2.58. The van der Waals surface area contributed by atoms with E-state index in [9.17, 15) is 23.7 Å². The van der Waals surface area contributed by atoms with Crippen LogP contribution < -0.4 is 9.64 Å². The Morgan fingerprint density at radius 1 is 1.31 bits per heavy atom. The number of nitro groups is 1. The smallest absolute Gasteiger partial charge is 0.325 e. The van der Waals surface area contributed by atoms with Gasteiger partial charge >= 0.3 is 5.97 Å². The molecule has 0 unspecified atom stereocenters. The van der Waals surface area contributed by atoms with Crippen molar-refractivity contribution in [1.29, 1.82) is 0 Å². The maximum Gasteiger partial charge on any atom is 0.325 e. The lowest BCUT2D eigenvalue weighted by atomic mass is 10.2. The second-order valence-electron chi connectivity index (χ2n) is 5.11. The van der Waals surface area contributed by atoms with Crippen molar-refractivity contribution in [2.24, 2.45) is 0 Å². The number of carbonyl (C=O) groups excluding carboxylic acids is 1. The van der Waals surface area contributed by atoms with E-state index in [1.165, 1.54) is 11.9 Å². The van der Waals surface area contributed by atoms with E-state index < -0.39 is 28.3 Å². The minimum Gasteiger partial charge on any atom is -0.465 e. The number of likely N-dealkylation sites (N-methyl/N-ethyl adjacent to an activating group) is 1. The molecule has 2 rings (SSSR count). The molecule has 1 heterocycles. The summed E-state index contributed by atoms with van der Waals surface area (Å²) in [6.07, 6.45) is 0.936. The predicted octanol–water partition coefficient (Wildman–Crippen LogP) is 3.06. The molecule has 26 heavy (non-hydrogen) atoms. The number of anilines is 1. The molecule has 0 aliphatic rings. The molecule has 0 radical (unpaired) electrons. The van der Waals surface area contributed by atoms with Crippen LogP contribution in [0.5, 0.6) is 11.6 Å². The van der Waals surface area contributed by atoms with Crippen LogP contribution in [0.25, 0.3) is 0 Å². The second-order valence-corrected chi connectivity index (χ2v) is 5.11. The molecule has 0 spiro atoms. The van der Waals surface area contributed by atoms with E-state index in [1.807, 2.05) is 0 Å². The summed E-state index contributed by atoms with van der Waals surface area (Å²) in [6.45, 7) is 1.56. The summed E-state index contributed by atoms with van der Waals surface area (Å²) >= 11 is 0. The van der Waals surface area contributed by atoms with Crippen molar-refractivity contribution in [2.75, 3.05) is 25.1 Å². The summed E-state index contributed by atoms with van der Waals surface area (Å²) in [5.41, 5.74) is -0.417. The first-order chi connectivity index (χ1) is 12.3. The van der Waals surface area contributed by atoms with Crippen LogP contribution in [0.2, 0.25) is 0 Å². The van der Waals surface area contributed by atoms with E-state index in [-0.39, 0.29) is 30.4 Å². The fraction of sp³-hybridized carbons (Fsp3) is 0.250. The second kappa shape index (κ2) is 8.19. The number of hydrogen-bond acceptors (Lipinski definition) is 7. The van der Waals surface area contributed by atoms with Crippen LogP contribution in [0, 0.1) is 21.7 Å². The van der Waals surface area contributed by atoms with Gasteiger partial charge < -0.3 is 14.4 Å². The number of pyridine rings is 1. The summed E-state index contributed by atoms with van der Waals surface area (Å²) in [5, 5.41) is 10.6. The summed E-state index contributed by atoms with van der Waals surface area (Å²) in [6, 6.07) is 3.96. The number of ether oxygens (including phenoxy) is 2. The van der Waals surface area contributed by atoms with E-state index >= 15 is 0 Å². The van der Waals surface area contributed by atoms with Gasteiger partial charge in [0.15, 0.2) is 11.6 Å². The minimum atomic E-state index is -0.891. The van der Waals surface area contributed by atoms with Gasteiger partial charge in [-0.3, -0.25) is 14.9 Å². The highest BCUT2D eigenvalue weighted by atomic mass is 19.1. The normalized spacial score (nSPS) is 10.3. The molecule has 0 saturated heterocycles. The van der Waals surface area contributed by atoms with Gasteiger partial charge in [0.2, 0.25) is 5.88 Å². The average molecular weight is 367 g/mol. The highest BCUT2D eigenvalue weighted by molar-refractivity contribution is 5.75. The summed E-state index contributed by atoms with van der Waals surface area (Å²) in [4.78, 5) is 26.2. The van der Waals surface area contributed by atoms with Gasteiger partial charge in [-0.25, -0.2) is 13.8 Å². The van der Waals surface area contributed by atoms with Crippen LogP contribution >= 0.6 is 0 Å². The highest BCUT2D eigenvalue weighted by Crippen LogP contribution is 2.30. The molecule has 10 heteroatoms. The van der Waals surface area contributed by atoms with Crippen LogP contribution in [0.15, 0.2) is 30.5 Å². The molecule has 1 aromatic heterocycles. The number of carbonyl (C=O) groups is 1. The third-order valence-electron chi connectivity index (χ3n) is 3.23. The maximum atomic E-state index is 14.2. The maximum absolute atomic E-state index is 14.2. The van der Waals surface area contributed by atoms with Crippen LogP contribution in [0.1, 0.15) is 6.92 Å². The quantitative estimate of drug-likeness (QED) is 0.422. The zero-order valence-corrected chi connectivity index (χ0v) is 13.9. The van der Waals surface area contributed by atoms with Crippen LogP contribution in [-0.2, 0) is 9.53 Å². The van der Waals surface area contributed by atoms with E-state index in [0.29, 0.717) is 0 Å². The van der Waals surface area contributed by atoms with E-state index in [1.54, 1.807) is 6.92 Å². The van der Waals surface area contributed by atoms with Crippen molar-refractivity contribution in [2.45, 2.75) is 6.92 Å². The summed E-state index contributed by atoms with van der Waals surface area (Å²) in [5.74, 6) is -2.88. The zero-order valence-electron chi connectivity index (χ0n) is 13.9. The third kappa shape index (κ3) is 4.62. The predicted molar refractivity (Wildman–Crippen MR) is 87.2 cm³/mol. The Balaban J connectivity index is 2.17. The molecule has 0 fully saturated rings. The largest absolute Gasteiger partial charge is 0.465 e. The molecular weight excluding hydrogens is 352 g/mol. The van der Waals surface area contributed by atoms with Crippen LogP contribution in [0.4, 0.5) is 20.2 Å². The topological polar surface area (TPSA) is 94.8 Å². The van der Waals surface area contributed by atoms with Crippen molar-refractivity contribution in [3.8, 4) is 11.6 Å². The lowest BCUT2D eigenvalue weighted by Crippen LogP contribution is -2.28. The Morgan fingerprint density at radius 2 is 2.04 bits per heavy atom. The standard InChI is InChI=1S/C16H15F2N3O5/c1-3-25-16(22)9-20(2)13-6-12(18)14(7-11(13)17)26-15-5-4-10(8-19-15)21(23)24/h4-8H,3,9H2,1-2H3. The lowest BCUT2D eigenvalue weighted by Gasteiger charge is -2.19. The molecule has 0 N–H and O–H groups in total. The molecule has 1 aromatic carbocycles. The van der Waals surface area contributed by atoms with Crippen molar-refractivity contribution >= 4 is 17.3 Å². The first kappa shape index (κ1) is 19.0. The van der Waals surface area contributed by atoms with Gasteiger partial charge in [0.05, 0.1) is 17.2 Å². The highest BCUT2D eigenvalue weighted by Gasteiger charge is 2.17. The number of aromatic nitrogens is 1. The van der Waals surface area contributed by atoms with Crippen LogP contribution in [0.3, 0.4) is 0 Å². The summed E-state index contributed by atoms with van der Waals surface area (Å²) in [7, 11) is 1.41. The van der Waals surface area contributed by atoms with Gasteiger partial charge in [-0.1, -0.05) is 0 Å². The molecular formula is C16H15F2N3O5. The Morgan fingerprint density at radius 3 is 2.62 bits per heavy atom. The molecule has 0 amide bonds. The van der Waals surface area contributed by atoms with Gasteiger partial charge in [0.1, 0.15) is 18.6 Å². The van der Waals surface area contributed by atoms with Gasteiger partial charge in [0, 0.05) is 31.3 Å². The Hall–Kier alpha value is -3.30. The SMILES string of the molecule is CCOC(=O)CN(C)c1cc(F)c(Oc2ccc([N+](=O)[O-])cn2)cc1F. The van der Waals surface area contributed by atoms with Gasteiger partial charge in [-0.05, 0) is 6.92 Å². The molecule has 2 aromatic rings. The lowest BCUT2D eigenvalue weighted by molar-refractivity contribution is -0.385. The molecule has 0 atom stereocenters. The van der Waals surface area contributed by atoms with Crippen LogP contribution in [-0.4, -0.2) is 36.1 Å². The van der Waals surface area contributed by atoms with Gasteiger partial charge in [-0.15, -0.1) is 0 Å². The molecule has 0 bridgehead atoms. The first-order valence-corrected chi connectivity index (χ1v) is 7.46. The van der Waals surface area contributed by atoms with E-state index in [4.69, 9.17) is 9.47 Å². The third-order valence-corrected chi connectivity index (χ3v) is 3.23. The molecule has 0 saturated carbocycles. The number of esters is 1. The van der Waals surface area contributed by atoms with Gasteiger partial charge in [-0.2, -0.15) is 0 Å². The Bertz CT molecular complexity index is 814. The first-order valence-electron chi connectivity index (χ1n) is 7.46. The Kier molecular flexibility index (Phi) is 5.99. The van der Waals surface area contributed by atoms with Crippen molar-refractivity contribution in [3.05, 3.63) is 52.2 Å². The number of hydrogen-bond donors (Lipinski definition) is 0. The molecule has 138 valence electrons. The van der Waals surface area contributed by atoms with Crippen molar-refractivity contribution in [1.82, 2.24) is 4.98 Å². The van der Waals surface area contributed by atoms with Crippen molar-refractivity contribution < 1.29 is 28.0 Å². The van der Waals surface area contributed by atoms with Gasteiger partial charge in [0.25, 0.3) is 5.69 Å². The molecule has 0 aliphatic heterocycles. The number of nitrogens with zero attached hydrogens (tertiary/aromatic N) is 3. The fourth-order valence-electron chi connectivity index (χ4n) is 2.03. The number of halogens is 2. The summed E-state index contributed by atoms with van der Waals surface area (Å²) < 4.78 is 38.3. The van der Waals surface area contributed by atoms with E-state index in [0.717, 1.165) is 30.5 Å². The van der Waals surface area contributed by atoms with E-state index in [2.05, 4.69) is 4.98 Å². The minimum absolute atomic E-state index is 0.137. The monoisotopic (exact) mass is 367 g/mol. The molecule has 0 aliphatic carbocycles. The zero-order chi connectivity index (χ0) is 19.3.